The third-order valence-corrected chi connectivity index (χ3v) is 4.15. The van der Waals surface area contributed by atoms with E-state index in [9.17, 15) is 5.26 Å². The summed E-state index contributed by atoms with van der Waals surface area (Å²) in [4.78, 5) is 8.95. The van der Waals surface area contributed by atoms with E-state index in [1.807, 2.05) is 18.3 Å². The van der Waals surface area contributed by atoms with E-state index in [0.29, 0.717) is 30.4 Å². The molecule has 0 unspecified atom stereocenters. The molecule has 0 saturated heterocycles. The second kappa shape index (κ2) is 8.52. The van der Waals surface area contributed by atoms with E-state index in [-0.39, 0.29) is 0 Å². The molecule has 27 heavy (non-hydrogen) atoms. The van der Waals surface area contributed by atoms with Gasteiger partial charge < -0.3 is 5.73 Å². The Morgan fingerprint density at radius 2 is 2.00 bits per heavy atom. The van der Waals surface area contributed by atoms with Crippen molar-refractivity contribution in [1.29, 1.82) is 5.26 Å². The maximum atomic E-state index is 9.26. The smallest absolute Gasteiger partial charge is 0.159 e. The molecular weight excluding hydrogens is 338 g/mol. The van der Waals surface area contributed by atoms with Crippen LogP contribution in [0, 0.1) is 17.2 Å². The van der Waals surface area contributed by atoms with Gasteiger partial charge in [0.1, 0.15) is 0 Å². The molecule has 3 aromatic rings. The number of nitrogens with zero attached hydrogens (tertiary/aromatic N) is 6. The lowest BCUT2D eigenvalue weighted by atomic mass is 10.0. The van der Waals surface area contributed by atoms with Crippen LogP contribution >= 0.6 is 0 Å². The quantitative estimate of drug-likeness (QED) is 0.692. The maximum absolute atomic E-state index is 9.26. The highest BCUT2D eigenvalue weighted by molar-refractivity contribution is 5.62. The van der Waals surface area contributed by atoms with Gasteiger partial charge in [-0.1, -0.05) is 19.1 Å². The summed E-state index contributed by atoms with van der Waals surface area (Å²) in [6.45, 7) is 5.37. The predicted octanol–water partition coefficient (Wildman–Crippen LogP) is 2.35. The Balaban J connectivity index is 1.91. The molecule has 0 bridgehead atoms. The first kappa shape index (κ1) is 18.7. The van der Waals surface area contributed by atoms with Gasteiger partial charge in [0.25, 0.3) is 0 Å². The lowest BCUT2D eigenvalue weighted by Gasteiger charge is -2.09. The van der Waals surface area contributed by atoms with Crippen molar-refractivity contribution in [3.05, 3.63) is 59.2 Å². The van der Waals surface area contributed by atoms with Crippen molar-refractivity contribution in [2.24, 2.45) is 11.7 Å². The van der Waals surface area contributed by atoms with Crippen LogP contribution in [0.3, 0.4) is 0 Å². The molecule has 0 aliphatic rings. The number of aromatic nitrogens is 5. The molecule has 0 saturated carbocycles. The molecule has 0 atom stereocenters. The van der Waals surface area contributed by atoms with Gasteiger partial charge in [-0.3, -0.25) is 0 Å². The van der Waals surface area contributed by atoms with Crippen LogP contribution in [0.15, 0.2) is 36.8 Å². The normalized spacial score (nSPS) is 10.9. The van der Waals surface area contributed by atoms with Crippen molar-refractivity contribution in [1.82, 2.24) is 25.0 Å². The summed E-state index contributed by atoms with van der Waals surface area (Å²) in [5.74, 6) is 1.14. The van der Waals surface area contributed by atoms with Gasteiger partial charge in [-0.05, 0) is 54.6 Å². The van der Waals surface area contributed by atoms with Crippen molar-refractivity contribution in [3.8, 4) is 17.5 Å². The highest BCUT2D eigenvalue weighted by Gasteiger charge is 2.12. The van der Waals surface area contributed by atoms with Crippen LogP contribution in [0.2, 0.25) is 0 Å². The molecule has 0 spiro atoms. The summed E-state index contributed by atoms with van der Waals surface area (Å²) < 4.78 is 1.79. The van der Waals surface area contributed by atoms with E-state index in [0.717, 1.165) is 35.2 Å². The summed E-state index contributed by atoms with van der Waals surface area (Å²) in [7, 11) is 0. The summed E-state index contributed by atoms with van der Waals surface area (Å²) >= 11 is 0. The van der Waals surface area contributed by atoms with Gasteiger partial charge >= 0.3 is 0 Å². The second-order valence-electron chi connectivity index (χ2n) is 6.94. The Bertz CT molecular complexity index is 936. The molecule has 2 aromatic heterocycles. The van der Waals surface area contributed by atoms with Crippen molar-refractivity contribution in [2.75, 3.05) is 6.54 Å². The minimum atomic E-state index is 0.504. The zero-order valence-corrected chi connectivity index (χ0v) is 15.6. The monoisotopic (exact) mass is 361 g/mol. The van der Waals surface area contributed by atoms with E-state index in [4.69, 9.17) is 5.73 Å². The number of hydrogen-bond donors (Lipinski definition) is 1. The van der Waals surface area contributed by atoms with Crippen LogP contribution < -0.4 is 5.73 Å². The second-order valence-corrected chi connectivity index (χ2v) is 6.94. The average molecular weight is 361 g/mol. The van der Waals surface area contributed by atoms with Crippen LogP contribution in [-0.2, 0) is 19.4 Å². The predicted molar refractivity (Wildman–Crippen MR) is 103 cm³/mol. The van der Waals surface area contributed by atoms with Crippen molar-refractivity contribution in [2.45, 2.75) is 33.2 Å². The molecule has 3 rings (SSSR count). The Hall–Kier alpha value is -3.11. The molecule has 1 aromatic carbocycles. The Morgan fingerprint density at radius 3 is 2.67 bits per heavy atom. The fourth-order valence-electron chi connectivity index (χ4n) is 2.90. The lowest BCUT2D eigenvalue weighted by Crippen LogP contribution is -2.06. The van der Waals surface area contributed by atoms with Gasteiger partial charge in [0.05, 0.1) is 23.9 Å². The van der Waals surface area contributed by atoms with Crippen molar-refractivity contribution >= 4 is 0 Å². The zero-order valence-electron chi connectivity index (χ0n) is 15.6. The van der Waals surface area contributed by atoms with Crippen LogP contribution in [-0.4, -0.2) is 31.5 Å². The number of nitrogens with two attached hydrogens (primary N) is 1. The van der Waals surface area contributed by atoms with Crippen LogP contribution in [0.5, 0.6) is 0 Å². The first-order chi connectivity index (χ1) is 13.1. The van der Waals surface area contributed by atoms with E-state index in [2.05, 4.69) is 40.2 Å². The van der Waals surface area contributed by atoms with Crippen molar-refractivity contribution < 1.29 is 0 Å². The molecule has 2 N–H and O–H groups in total. The summed E-state index contributed by atoms with van der Waals surface area (Å²) in [6.07, 6.45) is 7.18. The third-order valence-electron chi connectivity index (χ3n) is 4.15. The van der Waals surface area contributed by atoms with E-state index < -0.39 is 0 Å². The summed E-state index contributed by atoms with van der Waals surface area (Å²) in [5.41, 5.74) is 9.96. The van der Waals surface area contributed by atoms with Gasteiger partial charge in [-0.15, -0.1) is 5.10 Å². The molecule has 0 fully saturated rings. The topological polar surface area (TPSA) is 106 Å². The maximum Gasteiger partial charge on any atom is 0.159 e. The zero-order chi connectivity index (χ0) is 19.2. The number of nitriles is 1. The SMILES string of the molecule is CC(C)Cc1cn(Cc2cc(C#N)ccc2-c2ncc(CCN)cn2)nn1. The molecule has 138 valence electrons. The standard InChI is InChI=1S/C20H23N7/c1-14(2)7-18-13-27(26-25-18)12-17-8-15(9-22)3-4-19(17)20-23-10-16(5-6-21)11-24-20/h3-4,8,10-11,13-14H,5-7,12,21H2,1-2H3. The largest absolute Gasteiger partial charge is 0.330 e. The van der Waals surface area contributed by atoms with Crippen LogP contribution in [0.25, 0.3) is 11.4 Å². The first-order valence-electron chi connectivity index (χ1n) is 9.02. The Labute approximate surface area is 158 Å². The van der Waals surface area contributed by atoms with Gasteiger partial charge in [0, 0.05) is 24.2 Å². The van der Waals surface area contributed by atoms with E-state index in [1.54, 1.807) is 23.1 Å². The summed E-state index contributed by atoms with van der Waals surface area (Å²) in [6, 6.07) is 7.71. The average Bonchev–Trinajstić information content (AvgIpc) is 3.09. The van der Waals surface area contributed by atoms with Crippen LogP contribution in [0.1, 0.15) is 36.2 Å². The van der Waals surface area contributed by atoms with Gasteiger partial charge in [-0.25, -0.2) is 14.6 Å². The Morgan fingerprint density at radius 1 is 1.22 bits per heavy atom. The minimum Gasteiger partial charge on any atom is -0.330 e. The summed E-state index contributed by atoms with van der Waals surface area (Å²) in [5, 5.41) is 17.7. The van der Waals surface area contributed by atoms with Gasteiger partial charge in [-0.2, -0.15) is 5.26 Å². The highest BCUT2D eigenvalue weighted by atomic mass is 15.4. The first-order valence-corrected chi connectivity index (χ1v) is 9.02. The third kappa shape index (κ3) is 4.74. The fourth-order valence-corrected chi connectivity index (χ4v) is 2.90. The molecule has 7 heteroatoms. The van der Waals surface area contributed by atoms with E-state index >= 15 is 0 Å². The van der Waals surface area contributed by atoms with Gasteiger partial charge in [0.2, 0.25) is 0 Å². The van der Waals surface area contributed by atoms with E-state index in [1.165, 1.54) is 0 Å². The van der Waals surface area contributed by atoms with Gasteiger partial charge in [0.15, 0.2) is 5.82 Å². The molecular formula is C20H23N7. The number of rotatable bonds is 7. The Kier molecular flexibility index (Phi) is 5.89. The van der Waals surface area contributed by atoms with Crippen LogP contribution in [0.4, 0.5) is 0 Å². The number of hydrogen-bond acceptors (Lipinski definition) is 6. The molecule has 2 heterocycles. The lowest BCUT2D eigenvalue weighted by molar-refractivity contribution is 0.630. The molecule has 7 nitrogen and oxygen atoms in total. The van der Waals surface area contributed by atoms with Crippen molar-refractivity contribution in [3.63, 3.8) is 0 Å². The molecule has 0 aliphatic carbocycles. The minimum absolute atomic E-state index is 0.504. The molecule has 0 aliphatic heterocycles. The highest BCUT2D eigenvalue weighted by Crippen LogP contribution is 2.22. The number of benzene rings is 1. The molecule has 0 radical (unpaired) electrons. The molecule has 0 amide bonds. The fraction of sp³-hybridized carbons (Fsp3) is 0.350.